The van der Waals surface area contributed by atoms with E-state index >= 15 is 0 Å². The first-order valence-corrected chi connectivity index (χ1v) is 13.2. The van der Waals surface area contributed by atoms with Crippen molar-refractivity contribution in [3.05, 3.63) is 96.9 Å². The first-order valence-electron chi connectivity index (χ1n) is 11.6. The maximum atomic E-state index is 13.4. The molecule has 0 saturated carbocycles. The van der Waals surface area contributed by atoms with Crippen molar-refractivity contribution in [2.24, 2.45) is 5.10 Å². The third-order valence-corrected chi connectivity index (χ3v) is 6.57. The van der Waals surface area contributed by atoms with Crippen LogP contribution in [0.1, 0.15) is 44.6 Å². The van der Waals surface area contributed by atoms with E-state index in [1.54, 1.807) is 12.3 Å². The zero-order valence-corrected chi connectivity index (χ0v) is 23.8. The molecule has 0 fully saturated rings. The molecule has 8 heteroatoms. The van der Waals surface area contributed by atoms with E-state index in [9.17, 15) is 4.79 Å². The van der Waals surface area contributed by atoms with Gasteiger partial charge in [-0.3, -0.25) is 4.79 Å². The molecule has 0 aliphatic carbocycles. The predicted molar refractivity (Wildman–Crippen MR) is 151 cm³/mol. The van der Waals surface area contributed by atoms with E-state index in [2.05, 4.69) is 37.0 Å². The van der Waals surface area contributed by atoms with Gasteiger partial charge in [0.2, 0.25) is 0 Å². The maximum absolute atomic E-state index is 13.4. The van der Waals surface area contributed by atoms with Gasteiger partial charge in [-0.1, -0.05) is 67.0 Å². The van der Waals surface area contributed by atoms with Gasteiger partial charge in [0.15, 0.2) is 11.5 Å². The van der Waals surface area contributed by atoms with Gasteiger partial charge in [0.25, 0.3) is 5.56 Å². The van der Waals surface area contributed by atoms with Gasteiger partial charge in [0, 0.05) is 19.9 Å². The molecule has 0 aliphatic heterocycles. The Hall–Kier alpha value is -2.97. The van der Waals surface area contributed by atoms with Gasteiger partial charge in [0.05, 0.1) is 23.7 Å². The van der Waals surface area contributed by atoms with Crippen LogP contribution < -0.4 is 15.0 Å². The SMILES string of the molecule is CCOc1cc(C=Nn2c(C(C)(C)C)nc3ccc(Br)cc3c2=O)c(Br)cc1OCc1ccccc1. The van der Waals surface area contributed by atoms with Crippen molar-refractivity contribution in [1.82, 2.24) is 9.66 Å². The van der Waals surface area contributed by atoms with Gasteiger partial charge >= 0.3 is 0 Å². The second-order valence-electron chi connectivity index (χ2n) is 9.24. The van der Waals surface area contributed by atoms with Crippen molar-refractivity contribution < 1.29 is 9.47 Å². The molecule has 36 heavy (non-hydrogen) atoms. The van der Waals surface area contributed by atoms with Crippen LogP contribution in [0.4, 0.5) is 0 Å². The Morgan fingerprint density at radius 3 is 2.42 bits per heavy atom. The Kier molecular flexibility index (Phi) is 7.95. The van der Waals surface area contributed by atoms with E-state index in [0.29, 0.717) is 41.4 Å². The normalized spacial score (nSPS) is 11.8. The van der Waals surface area contributed by atoms with E-state index in [1.165, 1.54) is 4.68 Å². The highest BCUT2D eigenvalue weighted by molar-refractivity contribution is 9.10. The monoisotopic (exact) mass is 611 g/mol. The van der Waals surface area contributed by atoms with E-state index in [0.717, 1.165) is 20.1 Å². The molecule has 0 atom stereocenters. The molecule has 0 radical (unpaired) electrons. The Bertz CT molecular complexity index is 1480. The Morgan fingerprint density at radius 2 is 1.72 bits per heavy atom. The summed E-state index contributed by atoms with van der Waals surface area (Å²) < 4.78 is 14.8. The summed E-state index contributed by atoms with van der Waals surface area (Å²) >= 11 is 7.07. The molecule has 0 N–H and O–H groups in total. The molecule has 4 rings (SSSR count). The molecule has 0 saturated heterocycles. The van der Waals surface area contributed by atoms with Crippen LogP contribution in [-0.4, -0.2) is 22.5 Å². The number of fused-ring (bicyclic) bond motifs is 1. The van der Waals surface area contributed by atoms with Crippen LogP contribution >= 0.6 is 31.9 Å². The molecular formula is C28H27Br2N3O3. The number of halogens is 2. The van der Waals surface area contributed by atoms with Gasteiger partial charge in [-0.2, -0.15) is 9.78 Å². The highest BCUT2D eigenvalue weighted by Crippen LogP contribution is 2.34. The van der Waals surface area contributed by atoms with Gasteiger partial charge in [-0.05, 0) is 58.7 Å². The van der Waals surface area contributed by atoms with Crippen LogP contribution in [0, 0.1) is 0 Å². The molecule has 3 aromatic carbocycles. The Balaban J connectivity index is 1.74. The molecule has 6 nitrogen and oxygen atoms in total. The summed E-state index contributed by atoms with van der Waals surface area (Å²) in [4.78, 5) is 18.2. The predicted octanol–water partition coefficient (Wildman–Crippen LogP) is 7.08. The molecule has 1 aromatic heterocycles. The summed E-state index contributed by atoms with van der Waals surface area (Å²) in [5.41, 5.74) is 1.81. The van der Waals surface area contributed by atoms with E-state index in [1.807, 2.05) is 82.3 Å². The van der Waals surface area contributed by atoms with Crippen molar-refractivity contribution in [3.8, 4) is 11.5 Å². The van der Waals surface area contributed by atoms with Gasteiger partial charge < -0.3 is 9.47 Å². The fourth-order valence-corrected chi connectivity index (χ4v) is 4.41. The largest absolute Gasteiger partial charge is 0.490 e. The van der Waals surface area contributed by atoms with Gasteiger partial charge in [0.1, 0.15) is 12.4 Å². The number of ether oxygens (including phenoxy) is 2. The van der Waals surface area contributed by atoms with Crippen LogP contribution in [0.15, 0.2) is 79.5 Å². The number of hydrogen-bond donors (Lipinski definition) is 0. The lowest BCUT2D eigenvalue weighted by Gasteiger charge is -2.21. The van der Waals surface area contributed by atoms with Gasteiger partial charge in [-0.15, -0.1) is 0 Å². The Labute approximate surface area is 227 Å². The molecule has 0 unspecified atom stereocenters. The molecule has 186 valence electrons. The van der Waals surface area contributed by atoms with Crippen LogP contribution in [0.3, 0.4) is 0 Å². The molecule has 0 amide bonds. The first kappa shape index (κ1) is 26.1. The molecule has 0 aliphatic rings. The topological polar surface area (TPSA) is 65.7 Å². The lowest BCUT2D eigenvalue weighted by Crippen LogP contribution is -2.29. The van der Waals surface area contributed by atoms with E-state index in [-0.39, 0.29) is 5.56 Å². The summed E-state index contributed by atoms with van der Waals surface area (Å²) in [6, 6.07) is 19.1. The van der Waals surface area contributed by atoms with E-state index in [4.69, 9.17) is 14.5 Å². The molecule has 4 aromatic rings. The number of nitrogens with zero attached hydrogens (tertiary/aromatic N) is 3. The average molecular weight is 613 g/mol. The highest BCUT2D eigenvalue weighted by Gasteiger charge is 2.23. The van der Waals surface area contributed by atoms with Crippen LogP contribution in [0.2, 0.25) is 0 Å². The van der Waals surface area contributed by atoms with Crippen LogP contribution in [-0.2, 0) is 12.0 Å². The first-order chi connectivity index (χ1) is 17.2. The van der Waals surface area contributed by atoms with Crippen molar-refractivity contribution in [1.29, 1.82) is 0 Å². The maximum Gasteiger partial charge on any atom is 0.282 e. The van der Waals surface area contributed by atoms with Crippen LogP contribution in [0.5, 0.6) is 11.5 Å². The third-order valence-electron chi connectivity index (χ3n) is 5.39. The summed E-state index contributed by atoms with van der Waals surface area (Å²) in [6.45, 7) is 8.85. The molecule has 0 bridgehead atoms. The smallest absolute Gasteiger partial charge is 0.282 e. The standard InChI is InChI=1S/C28H27Br2N3O3/c1-5-35-24-13-19(22(30)15-25(24)36-17-18-9-7-6-8-10-18)16-31-33-26(34)21-14-20(29)11-12-23(21)32-27(33)28(2,3)4/h6-16H,5,17H2,1-4H3. The third kappa shape index (κ3) is 5.87. The summed E-state index contributed by atoms with van der Waals surface area (Å²) in [7, 11) is 0. The number of hydrogen-bond acceptors (Lipinski definition) is 5. The minimum atomic E-state index is -0.402. The minimum absolute atomic E-state index is 0.230. The highest BCUT2D eigenvalue weighted by atomic mass is 79.9. The van der Waals surface area contributed by atoms with Crippen molar-refractivity contribution >= 4 is 49.0 Å². The van der Waals surface area contributed by atoms with Crippen LogP contribution in [0.25, 0.3) is 10.9 Å². The van der Waals surface area contributed by atoms with Crippen molar-refractivity contribution in [2.45, 2.75) is 39.7 Å². The van der Waals surface area contributed by atoms with Crippen molar-refractivity contribution in [3.63, 3.8) is 0 Å². The summed E-state index contributed by atoms with van der Waals surface area (Å²) in [5.74, 6) is 1.79. The zero-order chi connectivity index (χ0) is 25.9. The fraction of sp³-hybridized carbons (Fsp3) is 0.250. The van der Waals surface area contributed by atoms with E-state index < -0.39 is 5.41 Å². The second-order valence-corrected chi connectivity index (χ2v) is 11.0. The number of aromatic nitrogens is 2. The van der Waals surface area contributed by atoms with Gasteiger partial charge in [-0.25, -0.2) is 4.98 Å². The van der Waals surface area contributed by atoms with Crippen molar-refractivity contribution in [2.75, 3.05) is 6.61 Å². The molecule has 0 spiro atoms. The summed E-state index contributed by atoms with van der Waals surface area (Å²) in [5, 5.41) is 5.08. The second kappa shape index (κ2) is 11.0. The lowest BCUT2D eigenvalue weighted by atomic mass is 9.95. The fourth-order valence-electron chi connectivity index (χ4n) is 3.63. The lowest BCUT2D eigenvalue weighted by molar-refractivity contribution is 0.269. The number of rotatable bonds is 7. The molecular weight excluding hydrogens is 586 g/mol. The number of benzene rings is 3. The average Bonchev–Trinajstić information content (AvgIpc) is 2.84. The quantitative estimate of drug-likeness (QED) is 0.209. The molecule has 1 heterocycles. The minimum Gasteiger partial charge on any atom is -0.490 e. The Morgan fingerprint density at radius 1 is 1.00 bits per heavy atom. The zero-order valence-electron chi connectivity index (χ0n) is 20.6. The summed E-state index contributed by atoms with van der Waals surface area (Å²) in [6.07, 6.45) is 1.63.